The van der Waals surface area contributed by atoms with E-state index in [-0.39, 0.29) is 11.5 Å². The van der Waals surface area contributed by atoms with Crippen molar-refractivity contribution in [3.05, 3.63) is 36.9 Å². The van der Waals surface area contributed by atoms with Crippen LogP contribution in [0.2, 0.25) is 0 Å². The molecule has 0 amide bonds. The van der Waals surface area contributed by atoms with Crippen LogP contribution in [0.4, 0.5) is 0 Å². The molecule has 2 aliphatic heterocycles. The highest BCUT2D eigenvalue weighted by Crippen LogP contribution is 2.35. The second-order valence-electron chi connectivity index (χ2n) is 6.99. The van der Waals surface area contributed by atoms with E-state index in [4.69, 9.17) is 14.2 Å². The molecule has 4 heteroatoms. The van der Waals surface area contributed by atoms with Crippen molar-refractivity contribution in [2.75, 3.05) is 39.5 Å². The number of benzene rings is 1. The van der Waals surface area contributed by atoms with Gasteiger partial charge in [0.25, 0.3) is 0 Å². The third-order valence-corrected chi connectivity index (χ3v) is 5.16. The Bertz CT molecular complexity index is 547. The summed E-state index contributed by atoms with van der Waals surface area (Å²) >= 11 is 0. The van der Waals surface area contributed by atoms with Crippen LogP contribution in [-0.4, -0.2) is 50.5 Å². The largest absolute Gasteiger partial charge is 0.486 e. The van der Waals surface area contributed by atoms with Gasteiger partial charge in [-0.2, -0.15) is 0 Å². The van der Waals surface area contributed by atoms with Crippen LogP contribution < -0.4 is 9.47 Å². The van der Waals surface area contributed by atoms with Crippen LogP contribution in [0.25, 0.3) is 0 Å². The third-order valence-electron chi connectivity index (χ3n) is 5.16. The Kier molecular flexibility index (Phi) is 5.80. The first kappa shape index (κ1) is 17.3. The second kappa shape index (κ2) is 8.04. The van der Waals surface area contributed by atoms with Crippen LogP contribution in [0, 0.1) is 5.41 Å². The topological polar surface area (TPSA) is 30.9 Å². The van der Waals surface area contributed by atoms with Crippen molar-refractivity contribution in [1.82, 2.24) is 4.90 Å². The summed E-state index contributed by atoms with van der Waals surface area (Å²) < 4.78 is 17.8. The molecule has 1 fully saturated rings. The minimum Gasteiger partial charge on any atom is -0.486 e. The molecule has 1 aromatic rings. The van der Waals surface area contributed by atoms with Gasteiger partial charge >= 0.3 is 0 Å². The molecule has 0 bridgehead atoms. The Hall–Kier alpha value is -1.52. The van der Waals surface area contributed by atoms with Crippen molar-refractivity contribution in [2.45, 2.75) is 32.3 Å². The van der Waals surface area contributed by atoms with Crippen LogP contribution in [0.3, 0.4) is 0 Å². The van der Waals surface area contributed by atoms with Crippen molar-refractivity contribution in [2.24, 2.45) is 5.41 Å². The second-order valence-corrected chi connectivity index (χ2v) is 6.99. The van der Waals surface area contributed by atoms with Gasteiger partial charge in [-0.25, -0.2) is 0 Å². The molecule has 0 radical (unpaired) electrons. The van der Waals surface area contributed by atoms with E-state index >= 15 is 0 Å². The van der Waals surface area contributed by atoms with E-state index in [1.807, 2.05) is 30.3 Å². The SMILES string of the molecule is C=CCOCC1(CC)CCCN(CC2COc3ccccc3O2)C1. The highest BCUT2D eigenvalue weighted by molar-refractivity contribution is 5.40. The van der Waals surface area contributed by atoms with E-state index in [1.165, 1.54) is 12.8 Å². The van der Waals surface area contributed by atoms with Gasteiger partial charge in [-0.1, -0.05) is 25.1 Å². The molecular formula is C20H29NO3. The number of rotatable bonds is 7. The van der Waals surface area contributed by atoms with Crippen LogP contribution >= 0.6 is 0 Å². The van der Waals surface area contributed by atoms with Crippen LogP contribution in [0.5, 0.6) is 11.5 Å². The number of likely N-dealkylation sites (tertiary alicyclic amines) is 1. The first-order valence-electron chi connectivity index (χ1n) is 9.04. The molecule has 3 rings (SSSR count). The first-order valence-corrected chi connectivity index (χ1v) is 9.04. The molecular weight excluding hydrogens is 302 g/mol. The van der Waals surface area contributed by atoms with Gasteiger partial charge in [0.05, 0.1) is 13.2 Å². The van der Waals surface area contributed by atoms with Gasteiger partial charge in [0, 0.05) is 18.5 Å². The fourth-order valence-electron chi connectivity index (χ4n) is 3.77. The molecule has 4 nitrogen and oxygen atoms in total. The van der Waals surface area contributed by atoms with Gasteiger partial charge in [0.15, 0.2) is 11.5 Å². The molecule has 0 N–H and O–H groups in total. The number of fused-ring (bicyclic) bond motifs is 1. The number of ether oxygens (including phenoxy) is 3. The molecule has 1 saturated heterocycles. The number of hydrogen-bond acceptors (Lipinski definition) is 4. The predicted octanol–water partition coefficient (Wildman–Crippen LogP) is 3.52. The van der Waals surface area contributed by atoms with Gasteiger partial charge < -0.3 is 14.2 Å². The molecule has 0 spiro atoms. The standard InChI is InChI=1S/C20H29NO3/c1-3-12-22-16-20(4-2)10-7-11-21(15-20)13-17-14-23-18-8-5-6-9-19(18)24-17/h3,5-6,8-9,17H,1,4,7,10-16H2,2H3. The summed E-state index contributed by atoms with van der Waals surface area (Å²) in [6, 6.07) is 7.92. The zero-order valence-corrected chi connectivity index (χ0v) is 14.7. The third kappa shape index (κ3) is 4.11. The van der Waals surface area contributed by atoms with E-state index in [9.17, 15) is 0 Å². The smallest absolute Gasteiger partial charge is 0.161 e. The number of piperidine rings is 1. The van der Waals surface area contributed by atoms with Crippen molar-refractivity contribution >= 4 is 0 Å². The fraction of sp³-hybridized carbons (Fsp3) is 0.600. The van der Waals surface area contributed by atoms with Crippen molar-refractivity contribution in [3.63, 3.8) is 0 Å². The maximum absolute atomic E-state index is 6.12. The number of para-hydroxylation sites is 2. The first-order chi connectivity index (χ1) is 11.7. The normalized spacial score (nSPS) is 27.0. The van der Waals surface area contributed by atoms with Gasteiger partial charge in [-0.05, 0) is 37.9 Å². The predicted molar refractivity (Wildman–Crippen MR) is 95.8 cm³/mol. The molecule has 2 unspecified atom stereocenters. The lowest BCUT2D eigenvalue weighted by molar-refractivity contribution is -0.0198. The lowest BCUT2D eigenvalue weighted by atomic mass is 9.78. The zero-order chi connectivity index (χ0) is 16.8. The molecule has 0 saturated carbocycles. The summed E-state index contributed by atoms with van der Waals surface area (Å²) in [5.74, 6) is 1.72. The summed E-state index contributed by atoms with van der Waals surface area (Å²) in [5, 5.41) is 0. The van der Waals surface area contributed by atoms with Crippen molar-refractivity contribution in [1.29, 1.82) is 0 Å². The lowest BCUT2D eigenvalue weighted by Gasteiger charge is -2.43. The van der Waals surface area contributed by atoms with E-state index in [1.54, 1.807) is 0 Å². The number of hydrogen-bond donors (Lipinski definition) is 0. The van der Waals surface area contributed by atoms with Crippen LogP contribution in [0.1, 0.15) is 26.2 Å². The van der Waals surface area contributed by atoms with Gasteiger partial charge in [0.2, 0.25) is 0 Å². The van der Waals surface area contributed by atoms with Gasteiger partial charge in [0.1, 0.15) is 12.7 Å². The highest BCUT2D eigenvalue weighted by atomic mass is 16.6. The zero-order valence-electron chi connectivity index (χ0n) is 14.7. The average molecular weight is 331 g/mol. The molecule has 2 aliphatic rings. The summed E-state index contributed by atoms with van der Waals surface area (Å²) in [7, 11) is 0. The molecule has 0 aromatic heterocycles. The monoisotopic (exact) mass is 331 g/mol. The van der Waals surface area contributed by atoms with E-state index in [0.717, 1.165) is 44.2 Å². The van der Waals surface area contributed by atoms with Crippen LogP contribution in [-0.2, 0) is 4.74 Å². The summed E-state index contributed by atoms with van der Waals surface area (Å²) in [4.78, 5) is 2.52. The lowest BCUT2D eigenvalue weighted by Crippen LogP contribution is -2.50. The average Bonchev–Trinajstić information content (AvgIpc) is 2.62. The minimum absolute atomic E-state index is 0.0987. The molecule has 2 atom stereocenters. The van der Waals surface area contributed by atoms with Crippen molar-refractivity contribution in [3.8, 4) is 11.5 Å². The molecule has 1 aromatic carbocycles. The Morgan fingerprint density at radius 3 is 3.00 bits per heavy atom. The summed E-state index contributed by atoms with van der Waals surface area (Å²) in [6.45, 7) is 11.2. The molecule has 0 aliphatic carbocycles. The molecule has 2 heterocycles. The number of nitrogens with zero attached hydrogens (tertiary/aromatic N) is 1. The summed E-state index contributed by atoms with van der Waals surface area (Å²) in [5.41, 5.74) is 0.259. The maximum Gasteiger partial charge on any atom is 0.161 e. The highest BCUT2D eigenvalue weighted by Gasteiger charge is 2.35. The van der Waals surface area contributed by atoms with Crippen molar-refractivity contribution < 1.29 is 14.2 Å². The minimum atomic E-state index is 0.0987. The van der Waals surface area contributed by atoms with E-state index in [2.05, 4.69) is 18.4 Å². The van der Waals surface area contributed by atoms with E-state index in [0.29, 0.717) is 13.2 Å². The van der Waals surface area contributed by atoms with Crippen LogP contribution in [0.15, 0.2) is 36.9 Å². The summed E-state index contributed by atoms with van der Waals surface area (Å²) in [6.07, 6.45) is 5.53. The molecule has 24 heavy (non-hydrogen) atoms. The van der Waals surface area contributed by atoms with Gasteiger partial charge in [-0.3, -0.25) is 4.90 Å². The fourth-order valence-corrected chi connectivity index (χ4v) is 3.77. The van der Waals surface area contributed by atoms with Gasteiger partial charge in [-0.15, -0.1) is 6.58 Å². The maximum atomic E-state index is 6.12. The molecule has 132 valence electrons. The Morgan fingerprint density at radius 2 is 2.21 bits per heavy atom. The Morgan fingerprint density at radius 1 is 1.38 bits per heavy atom. The van der Waals surface area contributed by atoms with E-state index < -0.39 is 0 Å². The Labute approximate surface area is 145 Å². The quantitative estimate of drug-likeness (QED) is 0.565. The Balaban J connectivity index is 1.56.